The summed E-state index contributed by atoms with van der Waals surface area (Å²) in [5.74, 6) is -0.413. The number of hydrogen-bond acceptors (Lipinski definition) is 0. The highest BCUT2D eigenvalue weighted by Gasteiger charge is 1.96. The van der Waals surface area contributed by atoms with Crippen LogP contribution in [0.4, 0.5) is 4.39 Å². The molecule has 13 heavy (non-hydrogen) atoms. The lowest BCUT2D eigenvalue weighted by atomic mass is 10.3. The number of allylic oxidation sites excluding steroid dienone is 1. The molecule has 0 aliphatic carbocycles. The second-order valence-corrected chi connectivity index (χ2v) is 3.07. The van der Waals surface area contributed by atoms with Gasteiger partial charge in [-0.1, -0.05) is 12.7 Å². The minimum absolute atomic E-state index is 0.413. The Labute approximate surface area is 77.5 Å². The normalized spacial score (nSPS) is 13.8. The van der Waals surface area contributed by atoms with Crippen LogP contribution in [0.15, 0.2) is 18.5 Å². The number of rotatable bonds is 1. The van der Waals surface area contributed by atoms with Gasteiger partial charge in [-0.3, -0.25) is 0 Å². The van der Waals surface area contributed by atoms with Gasteiger partial charge in [-0.15, -0.1) is 0 Å². The van der Waals surface area contributed by atoms with Crippen LogP contribution in [0.3, 0.4) is 0 Å². The molecule has 0 fully saturated rings. The van der Waals surface area contributed by atoms with Gasteiger partial charge in [0.05, 0.1) is 5.35 Å². The molecule has 0 saturated heterocycles. The zero-order chi connectivity index (χ0) is 10.0. The Morgan fingerprint density at radius 3 is 2.69 bits per heavy atom. The maximum absolute atomic E-state index is 12.6. The van der Waals surface area contributed by atoms with Crippen molar-refractivity contribution < 1.29 is 4.39 Å². The topological polar surface area (TPSA) is 4.93 Å². The van der Waals surface area contributed by atoms with Crippen LogP contribution in [0.1, 0.15) is 12.6 Å². The fourth-order valence-corrected chi connectivity index (χ4v) is 1.34. The Hall–Kier alpha value is -1.31. The van der Waals surface area contributed by atoms with E-state index in [1.54, 1.807) is 0 Å². The number of aromatic nitrogens is 1. The third-order valence-electron chi connectivity index (χ3n) is 2.15. The Balaban J connectivity index is 3.61. The first-order valence-corrected chi connectivity index (χ1v) is 4.21. The van der Waals surface area contributed by atoms with Crippen molar-refractivity contribution in [3.8, 4) is 0 Å². The minimum Gasteiger partial charge on any atom is -0.348 e. The van der Waals surface area contributed by atoms with Crippen molar-refractivity contribution in [3.05, 3.63) is 34.7 Å². The molecule has 0 spiro atoms. The van der Waals surface area contributed by atoms with Gasteiger partial charge in [0.2, 0.25) is 0 Å². The van der Waals surface area contributed by atoms with Crippen LogP contribution in [0.2, 0.25) is 0 Å². The molecule has 0 bridgehead atoms. The molecule has 1 aromatic rings. The molecule has 0 N–H and O–H groups in total. The molecule has 2 heteroatoms. The molecule has 0 aliphatic heterocycles. The van der Waals surface area contributed by atoms with Gasteiger partial charge in [-0.25, -0.2) is 4.39 Å². The van der Waals surface area contributed by atoms with Crippen LogP contribution in [0, 0.1) is 6.92 Å². The second kappa shape index (κ2) is 3.60. The van der Waals surface area contributed by atoms with Crippen LogP contribution in [-0.2, 0) is 7.05 Å². The maximum Gasteiger partial charge on any atom is 0.118 e. The minimum atomic E-state index is -0.413. The highest BCUT2D eigenvalue weighted by atomic mass is 19.1. The first-order valence-electron chi connectivity index (χ1n) is 4.21. The van der Waals surface area contributed by atoms with Crippen molar-refractivity contribution in [1.29, 1.82) is 0 Å². The van der Waals surface area contributed by atoms with E-state index in [1.165, 1.54) is 6.08 Å². The molecular weight excluding hydrogens is 165 g/mol. The number of halogens is 1. The summed E-state index contributed by atoms with van der Waals surface area (Å²) in [4.78, 5) is 0. The maximum atomic E-state index is 12.6. The zero-order valence-electron chi connectivity index (χ0n) is 8.26. The van der Waals surface area contributed by atoms with Crippen LogP contribution >= 0.6 is 0 Å². The number of hydrogen-bond donors (Lipinski definition) is 0. The fraction of sp³-hybridized carbons (Fsp3) is 0.273. The van der Waals surface area contributed by atoms with E-state index in [-0.39, 0.29) is 0 Å². The van der Waals surface area contributed by atoms with Crippen LogP contribution in [0.25, 0.3) is 12.2 Å². The molecule has 1 aromatic heterocycles. The van der Waals surface area contributed by atoms with E-state index in [0.717, 1.165) is 16.3 Å². The molecule has 1 heterocycles. The summed E-state index contributed by atoms with van der Waals surface area (Å²) in [7, 11) is 1.91. The van der Waals surface area contributed by atoms with Crippen molar-refractivity contribution in [2.75, 3.05) is 0 Å². The Kier molecular flexibility index (Phi) is 2.71. The van der Waals surface area contributed by atoms with Crippen LogP contribution in [0.5, 0.6) is 0 Å². The van der Waals surface area contributed by atoms with E-state index in [9.17, 15) is 4.39 Å². The van der Waals surface area contributed by atoms with Crippen molar-refractivity contribution in [3.63, 3.8) is 0 Å². The predicted octanol–water partition coefficient (Wildman–Crippen LogP) is 1.40. The molecule has 0 saturated carbocycles. The molecule has 1 nitrogen and oxygen atoms in total. The molecule has 0 atom stereocenters. The fourth-order valence-electron chi connectivity index (χ4n) is 1.34. The third-order valence-corrected chi connectivity index (χ3v) is 2.15. The standard InChI is InChI=1S/C11H14FN/c1-5-10-7-9(3)13(4)11(10)6-8(2)12/h5-7H,2H2,1,3-4H3/b10-5-,11-6+. The SMILES string of the molecule is C=C(F)/C=c1\c(=C/C)cc(C)n1C. The molecule has 0 aliphatic rings. The van der Waals surface area contributed by atoms with Crippen molar-refractivity contribution >= 4 is 12.2 Å². The highest BCUT2D eigenvalue weighted by molar-refractivity contribution is 5.41. The van der Waals surface area contributed by atoms with Gasteiger partial charge < -0.3 is 4.57 Å². The molecule has 0 amide bonds. The van der Waals surface area contributed by atoms with Gasteiger partial charge in [-0.05, 0) is 31.2 Å². The summed E-state index contributed by atoms with van der Waals surface area (Å²) in [6.45, 7) is 7.16. The van der Waals surface area contributed by atoms with E-state index in [1.807, 2.05) is 37.6 Å². The van der Waals surface area contributed by atoms with E-state index in [4.69, 9.17) is 0 Å². The van der Waals surface area contributed by atoms with Gasteiger partial charge in [0, 0.05) is 12.7 Å². The second-order valence-electron chi connectivity index (χ2n) is 3.07. The average Bonchev–Trinajstić information content (AvgIpc) is 2.31. The van der Waals surface area contributed by atoms with Crippen molar-refractivity contribution in [2.45, 2.75) is 13.8 Å². The van der Waals surface area contributed by atoms with Gasteiger partial charge in [-0.2, -0.15) is 0 Å². The first-order chi connectivity index (χ1) is 6.06. The highest BCUT2D eigenvalue weighted by Crippen LogP contribution is 1.92. The Morgan fingerprint density at radius 1 is 1.62 bits per heavy atom. The van der Waals surface area contributed by atoms with E-state index in [2.05, 4.69) is 6.58 Å². The smallest absolute Gasteiger partial charge is 0.118 e. The molecule has 1 rings (SSSR count). The van der Waals surface area contributed by atoms with E-state index >= 15 is 0 Å². The zero-order valence-corrected chi connectivity index (χ0v) is 8.26. The predicted molar refractivity (Wildman–Crippen MR) is 54.3 cm³/mol. The van der Waals surface area contributed by atoms with Gasteiger partial charge in [0.25, 0.3) is 0 Å². The van der Waals surface area contributed by atoms with Crippen molar-refractivity contribution in [2.24, 2.45) is 7.05 Å². The van der Waals surface area contributed by atoms with Gasteiger partial charge >= 0.3 is 0 Å². The monoisotopic (exact) mass is 179 g/mol. The molecule has 0 unspecified atom stereocenters. The summed E-state index contributed by atoms with van der Waals surface area (Å²) in [5, 5.41) is 1.91. The van der Waals surface area contributed by atoms with Crippen molar-refractivity contribution in [1.82, 2.24) is 4.57 Å². The molecule has 70 valence electrons. The number of aryl methyl sites for hydroxylation is 1. The summed E-state index contributed by atoms with van der Waals surface area (Å²) in [6, 6.07) is 2.02. The Bertz CT molecular complexity index is 437. The summed E-state index contributed by atoms with van der Waals surface area (Å²) >= 11 is 0. The number of nitrogens with zero attached hydrogens (tertiary/aromatic N) is 1. The lowest BCUT2D eigenvalue weighted by Crippen LogP contribution is -2.27. The van der Waals surface area contributed by atoms with Crippen LogP contribution in [-0.4, -0.2) is 4.57 Å². The first kappa shape index (κ1) is 9.78. The molecule has 0 radical (unpaired) electrons. The van der Waals surface area contributed by atoms with E-state index in [0.29, 0.717) is 0 Å². The Morgan fingerprint density at radius 2 is 2.23 bits per heavy atom. The molecule has 0 aromatic carbocycles. The average molecular weight is 179 g/mol. The molecular formula is C11H14FN. The van der Waals surface area contributed by atoms with Gasteiger partial charge in [0.1, 0.15) is 5.83 Å². The lowest BCUT2D eigenvalue weighted by molar-refractivity contribution is 0.681. The van der Waals surface area contributed by atoms with Gasteiger partial charge in [0.15, 0.2) is 0 Å². The lowest BCUT2D eigenvalue weighted by Gasteiger charge is -1.94. The summed E-state index contributed by atoms with van der Waals surface area (Å²) in [6.07, 6.45) is 3.41. The third kappa shape index (κ3) is 1.89. The summed E-state index contributed by atoms with van der Waals surface area (Å²) in [5.41, 5.74) is 1.11. The quantitative estimate of drug-likeness (QED) is 0.614. The summed E-state index contributed by atoms with van der Waals surface area (Å²) < 4.78 is 14.6. The van der Waals surface area contributed by atoms with Crippen LogP contribution < -0.4 is 10.6 Å². The largest absolute Gasteiger partial charge is 0.348 e. The van der Waals surface area contributed by atoms with E-state index < -0.39 is 5.83 Å².